The zero-order valence-electron chi connectivity index (χ0n) is 13.8. The first-order valence-corrected chi connectivity index (χ1v) is 8.41. The summed E-state index contributed by atoms with van der Waals surface area (Å²) in [4.78, 5) is 14.5. The number of likely N-dealkylation sites (tertiary alicyclic amines) is 1. The first-order chi connectivity index (χ1) is 10.7. The Morgan fingerprint density at radius 2 is 1.91 bits per heavy atom. The summed E-state index contributed by atoms with van der Waals surface area (Å²) in [5.74, 6) is 1.12. The molecule has 0 aliphatic carbocycles. The second-order valence-corrected chi connectivity index (χ2v) is 6.56. The number of ether oxygens (including phenoxy) is 1. The van der Waals surface area contributed by atoms with Crippen LogP contribution in [0.5, 0.6) is 5.75 Å². The van der Waals surface area contributed by atoms with Crippen LogP contribution in [0.2, 0.25) is 0 Å². The average Bonchev–Trinajstić information content (AvgIpc) is 2.98. The van der Waals surface area contributed by atoms with Crippen molar-refractivity contribution in [3.63, 3.8) is 0 Å². The molecule has 0 bridgehead atoms. The van der Waals surface area contributed by atoms with Gasteiger partial charge in [-0.05, 0) is 55.8 Å². The number of halogens is 1. The van der Waals surface area contributed by atoms with Crippen molar-refractivity contribution in [2.75, 3.05) is 32.8 Å². The monoisotopic (exact) mass is 338 g/mol. The summed E-state index contributed by atoms with van der Waals surface area (Å²) in [6.07, 6.45) is 4.07. The van der Waals surface area contributed by atoms with E-state index in [4.69, 9.17) is 4.74 Å². The number of amides is 1. The zero-order chi connectivity index (χ0) is 15.4. The molecule has 2 fully saturated rings. The van der Waals surface area contributed by atoms with Gasteiger partial charge in [-0.2, -0.15) is 0 Å². The van der Waals surface area contributed by atoms with Gasteiger partial charge in [0.05, 0.1) is 13.0 Å². The second kappa shape index (κ2) is 8.02. The maximum atomic E-state index is 12.5. The largest absolute Gasteiger partial charge is 0.494 e. The van der Waals surface area contributed by atoms with Crippen molar-refractivity contribution in [3.05, 3.63) is 29.8 Å². The number of piperidine rings is 1. The van der Waals surface area contributed by atoms with Gasteiger partial charge in [-0.3, -0.25) is 4.79 Å². The van der Waals surface area contributed by atoms with Crippen LogP contribution in [0, 0.1) is 5.41 Å². The van der Waals surface area contributed by atoms with Crippen LogP contribution < -0.4 is 10.1 Å². The number of nitrogens with zero attached hydrogens (tertiary/aromatic N) is 1. The summed E-state index contributed by atoms with van der Waals surface area (Å²) in [6.45, 7) is 6.74. The fraction of sp³-hybridized carbons (Fsp3) is 0.611. The predicted molar refractivity (Wildman–Crippen MR) is 94.3 cm³/mol. The molecule has 1 N–H and O–H groups in total. The maximum Gasteiger partial charge on any atom is 0.226 e. The summed E-state index contributed by atoms with van der Waals surface area (Å²) in [7, 11) is 0. The number of carbonyl (C=O) groups is 1. The number of hydrogen-bond acceptors (Lipinski definition) is 3. The van der Waals surface area contributed by atoms with Crippen molar-refractivity contribution in [2.45, 2.75) is 32.6 Å². The lowest BCUT2D eigenvalue weighted by Crippen LogP contribution is -2.44. The van der Waals surface area contributed by atoms with E-state index in [0.717, 1.165) is 50.3 Å². The lowest BCUT2D eigenvalue weighted by molar-refractivity contribution is -0.132. The van der Waals surface area contributed by atoms with E-state index in [2.05, 4.69) is 5.32 Å². The van der Waals surface area contributed by atoms with Gasteiger partial charge < -0.3 is 15.0 Å². The SMILES string of the molecule is CCOc1ccc(CC(=O)N2CCC3(CCNC3)CC2)cc1.Cl. The summed E-state index contributed by atoms with van der Waals surface area (Å²) >= 11 is 0. The normalized spacial score (nSPS) is 19.4. The molecule has 3 rings (SSSR count). The van der Waals surface area contributed by atoms with Crippen LogP contribution in [0.25, 0.3) is 0 Å². The van der Waals surface area contributed by atoms with E-state index < -0.39 is 0 Å². The smallest absolute Gasteiger partial charge is 0.226 e. The number of benzene rings is 1. The molecule has 4 nitrogen and oxygen atoms in total. The lowest BCUT2D eigenvalue weighted by Gasteiger charge is -2.39. The summed E-state index contributed by atoms with van der Waals surface area (Å²) < 4.78 is 5.43. The van der Waals surface area contributed by atoms with Gasteiger partial charge in [0, 0.05) is 19.6 Å². The van der Waals surface area contributed by atoms with E-state index in [1.165, 1.54) is 6.42 Å². The lowest BCUT2D eigenvalue weighted by atomic mass is 9.78. The van der Waals surface area contributed by atoms with Gasteiger partial charge in [0.25, 0.3) is 0 Å². The van der Waals surface area contributed by atoms with Gasteiger partial charge in [0.2, 0.25) is 5.91 Å². The minimum atomic E-state index is 0. The van der Waals surface area contributed by atoms with Crippen molar-refractivity contribution in [1.29, 1.82) is 0 Å². The fourth-order valence-electron chi connectivity index (χ4n) is 3.61. The van der Waals surface area contributed by atoms with Gasteiger partial charge in [-0.25, -0.2) is 0 Å². The Kier molecular flexibility index (Phi) is 6.31. The Hall–Kier alpha value is -1.26. The highest BCUT2D eigenvalue weighted by atomic mass is 35.5. The molecule has 2 heterocycles. The number of hydrogen-bond donors (Lipinski definition) is 1. The van der Waals surface area contributed by atoms with Gasteiger partial charge >= 0.3 is 0 Å². The van der Waals surface area contributed by atoms with Crippen molar-refractivity contribution in [2.24, 2.45) is 5.41 Å². The summed E-state index contributed by atoms with van der Waals surface area (Å²) in [5, 5.41) is 3.47. The Bertz CT molecular complexity index is 502. The molecule has 0 saturated carbocycles. The van der Waals surface area contributed by atoms with E-state index in [1.54, 1.807) is 0 Å². The van der Waals surface area contributed by atoms with Crippen LogP contribution in [0.1, 0.15) is 31.7 Å². The minimum absolute atomic E-state index is 0. The molecule has 0 aromatic heterocycles. The average molecular weight is 339 g/mol. The van der Waals surface area contributed by atoms with E-state index in [9.17, 15) is 4.79 Å². The Morgan fingerprint density at radius 1 is 1.22 bits per heavy atom. The first kappa shape index (κ1) is 18.1. The van der Waals surface area contributed by atoms with Gasteiger partial charge in [0.1, 0.15) is 5.75 Å². The molecule has 1 amide bonds. The molecule has 1 aromatic rings. The van der Waals surface area contributed by atoms with Crippen LogP contribution in [0.3, 0.4) is 0 Å². The molecule has 23 heavy (non-hydrogen) atoms. The van der Waals surface area contributed by atoms with Crippen LogP contribution in [0.4, 0.5) is 0 Å². The molecule has 0 unspecified atom stereocenters. The van der Waals surface area contributed by atoms with E-state index in [1.807, 2.05) is 36.1 Å². The zero-order valence-corrected chi connectivity index (χ0v) is 14.7. The summed E-state index contributed by atoms with van der Waals surface area (Å²) in [5.41, 5.74) is 1.53. The van der Waals surface area contributed by atoms with Crippen LogP contribution >= 0.6 is 12.4 Å². The van der Waals surface area contributed by atoms with Crippen molar-refractivity contribution in [1.82, 2.24) is 10.2 Å². The Balaban J connectivity index is 0.00000192. The standard InChI is InChI=1S/C18H26N2O2.ClH/c1-2-22-16-5-3-15(4-6-16)13-17(21)20-11-8-18(9-12-20)7-10-19-14-18;/h3-6,19H,2,7-14H2,1H3;1H. The topological polar surface area (TPSA) is 41.6 Å². The van der Waals surface area contributed by atoms with Crippen molar-refractivity contribution < 1.29 is 9.53 Å². The molecule has 128 valence electrons. The highest BCUT2D eigenvalue weighted by Crippen LogP contribution is 2.36. The molecule has 0 atom stereocenters. The van der Waals surface area contributed by atoms with Crippen LogP contribution in [-0.2, 0) is 11.2 Å². The Labute approximate surface area is 145 Å². The fourth-order valence-corrected chi connectivity index (χ4v) is 3.61. The molecule has 5 heteroatoms. The predicted octanol–water partition coefficient (Wildman–Crippen LogP) is 2.65. The molecular formula is C18H27ClN2O2. The quantitative estimate of drug-likeness (QED) is 0.917. The van der Waals surface area contributed by atoms with Gasteiger partial charge in [0.15, 0.2) is 0 Å². The highest BCUT2D eigenvalue weighted by molar-refractivity contribution is 5.85. The third-order valence-corrected chi connectivity index (χ3v) is 5.10. The third-order valence-electron chi connectivity index (χ3n) is 5.10. The van der Waals surface area contributed by atoms with Gasteiger partial charge in [-0.1, -0.05) is 12.1 Å². The summed E-state index contributed by atoms with van der Waals surface area (Å²) in [6, 6.07) is 7.88. The molecule has 2 aliphatic rings. The highest BCUT2D eigenvalue weighted by Gasteiger charge is 2.37. The number of rotatable bonds is 4. The third kappa shape index (κ3) is 4.39. The van der Waals surface area contributed by atoms with Gasteiger partial charge in [-0.15, -0.1) is 12.4 Å². The minimum Gasteiger partial charge on any atom is -0.494 e. The van der Waals surface area contributed by atoms with Crippen molar-refractivity contribution in [3.8, 4) is 5.75 Å². The molecule has 0 radical (unpaired) electrons. The second-order valence-electron chi connectivity index (χ2n) is 6.56. The molecule has 1 aromatic carbocycles. The van der Waals surface area contributed by atoms with E-state index in [-0.39, 0.29) is 18.3 Å². The van der Waals surface area contributed by atoms with E-state index in [0.29, 0.717) is 18.4 Å². The number of carbonyl (C=O) groups excluding carboxylic acids is 1. The molecule has 1 spiro atoms. The molecule has 2 aliphatic heterocycles. The van der Waals surface area contributed by atoms with Crippen LogP contribution in [0.15, 0.2) is 24.3 Å². The van der Waals surface area contributed by atoms with Crippen LogP contribution in [-0.4, -0.2) is 43.6 Å². The first-order valence-electron chi connectivity index (χ1n) is 8.41. The molecule has 2 saturated heterocycles. The van der Waals surface area contributed by atoms with E-state index >= 15 is 0 Å². The molecular weight excluding hydrogens is 312 g/mol. The van der Waals surface area contributed by atoms with Crippen molar-refractivity contribution >= 4 is 18.3 Å². The number of nitrogens with one attached hydrogen (secondary N) is 1. The Morgan fingerprint density at radius 3 is 2.48 bits per heavy atom. The maximum absolute atomic E-state index is 12.5.